The van der Waals surface area contributed by atoms with Gasteiger partial charge >= 0.3 is 0 Å². The van der Waals surface area contributed by atoms with Gasteiger partial charge in [-0.25, -0.2) is 0 Å². The molecule has 1 aromatic carbocycles. The third-order valence-electron chi connectivity index (χ3n) is 1.90. The number of benzene rings is 1. The third kappa shape index (κ3) is 1.95. The minimum Gasteiger partial charge on any atom is -0.326 e. The summed E-state index contributed by atoms with van der Waals surface area (Å²) in [4.78, 5) is 1.09. The summed E-state index contributed by atoms with van der Waals surface area (Å²) in [5, 5.41) is 0.739. The number of hydrogen-bond donors (Lipinski definition) is 1. The van der Waals surface area contributed by atoms with Gasteiger partial charge in [-0.05, 0) is 29.7 Å². The summed E-state index contributed by atoms with van der Waals surface area (Å²) in [5.41, 5.74) is 7.55. The van der Waals surface area contributed by atoms with Crippen LogP contribution in [0.15, 0.2) is 30.3 Å². The first-order valence-electron chi connectivity index (χ1n) is 4.21. The summed E-state index contributed by atoms with van der Waals surface area (Å²) in [7, 11) is 0. The normalized spacial score (nSPS) is 10.4. The van der Waals surface area contributed by atoms with E-state index >= 15 is 0 Å². The Bertz CT molecular complexity index is 422. The van der Waals surface area contributed by atoms with E-state index in [4.69, 9.17) is 17.3 Å². The van der Waals surface area contributed by atoms with Crippen molar-refractivity contribution in [2.45, 2.75) is 6.54 Å². The van der Waals surface area contributed by atoms with E-state index in [1.165, 1.54) is 11.5 Å². The third-order valence-corrected chi connectivity index (χ3v) is 2.96. The van der Waals surface area contributed by atoms with Gasteiger partial charge in [0.25, 0.3) is 0 Å². The van der Waals surface area contributed by atoms with Gasteiger partial charge in [0, 0.05) is 22.0 Å². The van der Waals surface area contributed by atoms with Crippen LogP contribution in [0.4, 0.5) is 0 Å². The molecule has 1 aromatic heterocycles. The van der Waals surface area contributed by atoms with Crippen LogP contribution >= 0.6 is 23.1 Å². The lowest BCUT2D eigenvalue weighted by Crippen LogP contribution is -1.91. The zero-order valence-corrected chi connectivity index (χ0v) is 8.98. The zero-order valence-electron chi connectivity index (χ0n) is 7.40. The van der Waals surface area contributed by atoms with Gasteiger partial charge in [0.05, 0.1) is 5.69 Å². The van der Waals surface area contributed by atoms with Crippen molar-refractivity contribution in [3.05, 3.63) is 40.2 Å². The van der Waals surface area contributed by atoms with Crippen LogP contribution in [0.3, 0.4) is 0 Å². The summed E-state index contributed by atoms with van der Waals surface area (Å²) in [6, 6.07) is 9.64. The van der Waals surface area contributed by atoms with Crippen LogP contribution in [0.5, 0.6) is 0 Å². The fourth-order valence-corrected chi connectivity index (χ4v) is 1.90. The van der Waals surface area contributed by atoms with Crippen LogP contribution in [-0.4, -0.2) is 4.37 Å². The van der Waals surface area contributed by atoms with Crippen LogP contribution in [-0.2, 0) is 6.54 Å². The highest BCUT2D eigenvalue weighted by atomic mass is 35.5. The summed E-state index contributed by atoms with van der Waals surface area (Å²) in [6.45, 7) is 0.547. The van der Waals surface area contributed by atoms with Crippen LogP contribution in [0.1, 0.15) is 4.88 Å². The van der Waals surface area contributed by atoms with E-state index in [9.17, 15) is 0 Å². The molecule has 0 radical (unpaired) electrons. The maximum absolute atomic E-state index is 5.79. The van der Waals surface area contributed by atoms with E-state index in [0.717, 1.165) is 21.2 Å². The largest absolute Gasteiger partial charge is 0.326 e. The Morgan fingerprint density at radius 3 is 2.57 bits per heavy atom. The van der Waals surface area contributed by atoms with E-state index in [-0.39, 0.29) is 0 Å². The van der Waals surface area contributed by atoms with Crippen molar-refractivity contribution >= 4 is 23.1 Å². The van der Waals surface area contributed by atoms with Crippen molar-refractivity contribution in [2.24, 2.45) is 5.73 Å². The molecule has 0 saturated heterocycles. The Hall–Kier alpha value is -0.900. The van der Waals surface area contributed by atoms with Crippen molar-refractivity contribution < 1.29 is 0 Å². The van der Waals surface area contributed by atoms with Crippen LogP contribution in [0.2, 0.25) is 5.02 Å². The molecule has 14 heavy (non-hydrogen) atoms. The van der Waals surface area contributed by atoms with E-state index in [1.807, 2.05) is 30.3 Å². The lowest BCUT2D eigenvalue weighted by molar-refractivity contribution is 1.11. The minimum absolute atomic E-state index is 0.547. The van der Waals surface area contributed by atoms with Crippen molar-refractivity contribution in [3.63, 3.8) is 0 Å². The van der Waals surface area contributed by atoms with E-state index in [0.29, 0.717) is 6.54 Å². The molecule has 0 amide bonds. The molecule has 1 heterocycles. The van der Waals surface area contributed by atoms with E-state index < -0.39 is 0 Å². The van der Waals surface area contributed by atoms with Crippen LogP contribution in [0.25, 0.3) is 11.3 Å². The van der Waals surface area contributed by atoms with Gasteiger partial charge in [0.1, 0.15) is 0 Å². The van der Waals surface area contributed by atoms with Gasteiger partial charge in [-0.2, -0.15) is 4.37 Å². The second-order valence-corrected chi connectivity index (χ2v) is 4.22. The molecule has 2 nitrogen and oxygen atoms in total. The molecule has 0 fully saturated rings. The molecule has 0 aliphatic heterocycles. The number of nitrogens with zero attached hydrogens (tertiary/aromatic N) is 1. The first kappa shape index (κ1) is 9.65. The minimum atomic E-state index is 0.547. The lowest BCUT2D eigenvalue weighted by Gasteiger charge is -1.95. The zero-order chi connectivity index (χ0) is 9.97. The Balaban J connectivity index is 2.34. The Kier molecular flexibility index (Phi) is 2.82. The van der Waals surface area contributed by atoms with E-state index in [1.54, 1.807) is 0 Å². The molecular weight excluding hydrogens is 216 g/mol. The molecule has 0 atom stereocenters. The summed E-state index contributed by atoms with van der Waals surface area (Å²) in [5.74, 6) is 0. The molecule has 0 spiro atoms. The molecule has 2 N–H and O–H groups in total. The Labute approximate surface area is 91.5 Å². The maximum atomic E-state index is 5.79. The second kappa shape index (κ2) is 4.09. The molecule has 0 bridgehead atoms. The van der Waals surface area contributed by atoms with Gasteiger partial charge in [-0.3, -0.25) is 0 Å². The average Bonchev–Trinajstić information content (AvgIpc) is 2.67. The van der Waals surface area contributed by atoms with Gasteiger partial charge in [-0.1, -0.05) is 23.7 Å². The van der Waals surface area contributed by atoms with Gasteiger partial charge in [-0.15, -0.1) is 0 Å². The van der Waals surface area contributed by atoms with Gasteiger partial charge in [0.2, 0.25) is 0 Å². The first-order valence-corrected chi connectivity index (χ1v) is 5.36. The highest BCUT2D eigenvalue weighted by Gasteiger charge is 2.02. The number of nitrogens with two attached hydrogens (primary N) is 1. The number of halogens is 1. The standard InChI is InChI=1S/C10H9ClN2S/c11-8-3-1-7(2-4-8)10-5-9(6-12)14-13-10/h1-5H,6,12H2. The quantitative estimate of drug-likeness (QED) is 0.852. The topological polar surface area (TPSA) is 38.9 Å². The molecule has 0 saturated carbocycles. The fourth-order valence-electron chi connectivity index (χ4n) is 1.17. The first-order chi connectivity index (χ1) is 6.79. The van der Waals surface area contributed by atoms with Crippen molar-refractivity contribution in [1.82, 2.24) is 4.37 Å². The lowest BCUT2D eigenvalue weighted by atomic mass is 10.1. The van der Waals surface area contributed by atoms with E-state index in [2.05, 4.69) is 4.37 Å². The number of hydrogen-bond acceptors (Lipinski definition) is 3. The number of aromatic nitrogens is 1. The van der Waals surface area contributed by atoms with Crippen molar-refractivity contribution in [2.75, 3.05) is 0 Å². The number of rotatable bonds is 2. The average molecular weight is 225 g/mol. The smallest absolute Gasteiger partial charge is 0.0844 e. The molecule has 2 rings (SSSR count). The molecular formula is C10H9ClN2S. The summed E-state index contributed by atoms with van der Waals surface area (Å²) in [6.07, 6.45) is 0. The SMILES string of the molecule is NCc1cc(-c2ccc(Cl)cc2)ns1. The monoisotopic (exact) mass is 224 g/mol. The molecule has 4 heteroatoms. The highest BCUT2D eigenvalue weighted by Crippen LogP contribution is 2.23. The summed E-state index contributed by atoms with van der Waals surface area (Å²) >= 11 is 7.23. The van der Waals surface area contributed by atoms with Crippen molar-refractivity contribution in [1.29, 1.82) is 0 Å². The maximum Gasteiger partial charge on any atom is 0.0844 e. The summed E-state index contributed by atoms with van der Waals surface area (Å²) < 4.78 is 4.31. The molecule has 0 aliphatic carbocycles. The second-order valence-electron chi connectivity index (χ2n) is 2.89. The molecule has 0 aliphatic rings. The van der Waals surface area contributed by atoms with Crippen molar-refractivity contribution in [3.8, 4) is 11.3 Å². The molecule has 72 valence electrons. The molecule has 2 aromatic rings. The van der Waals surface area contributed by atoms with Crippen LogP contribution < -0.4 is 5.73 Å². The molecule has 0 unspecified atom stereocenters. The highest BCUT2D eigenvalue weighted by molar-refractivity contribution is 7.06. The Morgan fingerprint density at radius 1 is 1.29 bits per heavy atom. The predicted octanol–water partition coefficient (Wildman–Crippen LogP) is 2.92. The predicted molar refractivity (Wildman–Crippen MR) is 60.5 cm³/mol. The fraction of sp³-hybridized carbons (Fsp3) is 0.100. The van der Waals surface area contributed by atoms with Gasteiger partial charge in [0.15, 0.2) is 0 Å². The Morgan fingerprint density at radius 2 is 2.00 bits per heavy atom. The van der Waals surface area contributed by atoms with Crippen LogP contribution in [0, 0.1) is 0 Å². The van der Waals surface area contributed by atoms with Gasteiger partial charge < -0.3 is 5.73 Å².